The number of carboxylic acid groups (broad SMARTS) is 1. The number of hydrogen-bond acceptors (Lipinski definition) is 4. The van der Waals surface area contributed by atoms with Crippen molar-refractivity contribution < 1.29 is 19.8 Å². The highest BCUT2D eigenvalue weighted by atomic mass is 35.5. The van der Waals surface area contributed by atoms with Gasteiger partial charge in [-0.3, -0.25) is 9.59 Å². The van der Waals surface area contributed by atoms with Crippen molar-refractivity contribution in [1.29, 1.82) is 0 Å². The maximum absolute atomic E-state index is 13.3. The van der Waals surface area contributed by atoms with Crippen molar-refractivity contribution in [2.75, 3.05) is 11.9 Å². The van der Waals surface area contributed by atoms with Gasteiger partial charge in [-0.2, -0.15) is 0 Å². The van der Waals surface area contributed by atoms with Crippen molar-refractivity contribution in [2.45, 2.75) is 64.1 Å². The second kappa shape index (κ2) is 11.5. The number of anilines is 1. The van der Waals surface area contributed by atoms with Gasteiger partial charge in [0.05, 0.1) is 12.1 Å². The number of amides is 1. The molecule has 2 aromatic rings. The molecule has 0 bridgehead atoms. The highest BCUT2D eigenvalue weighted by Gasteiger charge is 2.32. The number of benzene rings is 2. The molecule has 0 unspecified atom stereocenters. The zero-order valence-electron chi connectivity index (χ0n) is 19.2. The van der Waals surface area contributed by atoms with Crippen LogP contribution >= 0.6 is 11.6 Å². The van der Waals surface area contributed by atoms with Gasteiger partial charge in [-0.25, -0.2) is 0 Å². The van der Waals surface area contributed by atoms with Crippen LogP contribution < -0.4 is 5.32 Å². The first kappa shape index (κ1) is 25.1. The Hall–Kier alpha value is -2.57. The zero-order valence-corrected chi connectivity index (χ0v) is 20.0. The second-order valence-corrected chi connectivity index (χ2v) is 9.53. The molecule has 0 heterocycles. The molecule has 0 radical (unpaired) electrons. The van der Waals surface area contributed by atoms with Crippen LogP contribution in [0.4, 0.5) is 5.69 Å². The molecule has 2 aromatic carbocycles. The molecule has 0 saturated heterocycles. The average molecular weight is 473 g/mol. The minimum atomic E-state index is -1.06. The summed E-state index contributed by atoms with van der Waals surface area (Å²) in [5.74, 6) is -1.15. The lowest BCUT2D eigenvalue weighted by Gasteiger charge is -2.26. The topological polar surface area (TPSA) is 89.9 Å². The Morgan fingerprint density at radius 1 is 1.06 bits per heavy atom. The summed E-state index contributed by atoms with van der Waals surface area (Å²) in [6, 6.07) is 15.2. The van der Waals surface area contributed by atoms with Crippen LogP contribution in [0.3, 0.4) is 0 Å². The summed E-state index contributed by atoms with van der Waals surface area (Å²) in [5, 5.41) is 24.0. The molecule has 1 aliphatic carbocycles. The summed E-state index contributed by atoms with van der Waals surface area (Å²) in [6.45, 7) is 4.06. The molecule has 0 spiro atoms. The van der Waals surface area contributed by atoms with Crippen molar-refractivity contribution in [1.82, 2.24) is 4.90 Å². The van der Waals surface area contributed by atoms with Gasteiger partial charge in [0.15, 0.2) is 0 Å². The molecule has 7 heteroatoms. The third-order valence-electron chi connectivity index (χ3n) is 6.34. The average Bonchev–Trinajstić information content (AvgIpc) is 2.96. The minimum Gasteiger partial charge on any atom is -0.480 e. The normalized spacial score (nSPS) is 20.8. The van der Waals surface area contributed by atoms with E-state index in [-0.39, 0.29) is 31.0 Å². The highest BCUT2D eigenvalue weighted by Crippen LogP contribution is 2.29. The number of carbonyl (C=O) groups is 2. The van der Waals surface area contributed by atoms with Crippen molar-refractivity contribution in [3.05, 3.63) is 64.7 Å². The lowest BCUT2D eigenvalue weighted by Crippen LogP contribution is -2.39. The summed E-state index contributed by atoms with van der Waals surface area (Å²) in [6.07, 6.45) is 1.62. The van der Waals surface area contributed by atoms with E-state index in [9.17, 15) is 19.8 Å². The quantitative estimate of drug-likeness (QED) is 0.475. The smallest absolute Gasteiger partial charge is 0.323 e. The molecular formula is C26H33ClN2O4. The Labute approximate surface area is 200 Å². The van der Waals surface area contributed by atoms with Gasteiger partial charge in [-0.15, -0.1) is 0 Å². The molecule has 0 aromatic heterocycles. The number of aliphatic hydroxyl groups is 1. The Morgan fingerprint density at radius 3 is 2.36 bits per heavy atom. The van der Waals surface area contributed by atoms with Crippen LogP contribution in [0, 0.1) is 5.92 Å². The van der Waals surface area contributed by atoms with Crippen molar-refractivity contribution in [3.8, 4) is 0 Å². The van der Waals surface area contributed by atoms with E-state index < -0.39 is 12.1 Å². The second-order valence-electron chi connectivity index (χ2n) is 9.13. The van der Waals surface area contributed by atoms with Crippen molar-refractivity contribution >= 4 is 29.2 Å². The van der Waals surface area contributed by atoms with Crippen LogP contribution in [-0.2, 0) is 16.1 Å². The molecule has 6 nitrogen and oxygen atoms in total. The lowest BCUT2D eigenvalue weighted by molar-refractivity contribution is -0.147. The predicted octanol–water partition coefficient (Wildman–Crippen LogP) is 4.91. The van der Waals surface area contributed by atoms with Gasteiger partial charge in [0.2, 0.25) is 5.91 Å². The fraction of sp³-hybridized carbons (Fsp3) is 0.462. The maximum Gasteiger partial charge on any atom is 0.323 e. The van der Waals surface area contributed by atoms with Gasteiger partial charge in [-0.1, -0.05) is 55.8 Å². The van der Waals surface area contributed by atoms with E-state index in [4.69, 9.17) is 11.6 Å². The molecule has 3 N–H and O–H groups in total. The number of halogens is 1. The molecule has 3 atom stereocenters. The summed E-state index contributed by atoms with van der Waals surface area (Å²) in [4.78, 5) is 26.1. The predicted molar refractivity (Wildman–Crippen MR) is 130 cm³/mol. The Morgan fingerprint density at radius 2 is 1.73 bits per heavy atom. The number of aliphatic hydroxyl groups excluding tert-OH is 1. The SMILES string of the molecule is CC(C)c1ccc(N[C@H]2CC[C@@H](C(=O)N(CC(=O)O)Cc3ccccc3Cl)CC[C@@H]2O)cc1. The molecule has 0 aliphatic heterocycles. The van der Waals surface area contributed by atoms with Crippen molar-refractivity contribution in [3.63, 3.8) is 0 Å². The first-order valence-corrected chi connectivity index (χ1v) is 11.9. The Bertz CT molecular complexity index is 948. The summed E-state index contributed by atoms with van der Waals surface area (Å²) in [7, 11) is 0. The van der Waals surface area contributed by atoms with E-state index in [0.29, 0.717) is 42.2 Å². The van der Waals surface area contributed by atoms with Gasteiger partial charge in [0.25, 0.3) is 0 Å². The highest BCUT2D eigenvalue weighted by molar-refractivity contribution is 6.31. The number of nitrogens with one attached hydrogen (secondary N) is 1. The van der Waals surface area contributed by atoms with Gasteiger partial charge in [0, 0.05) is 23.2 Å². The van der Waals surface area contributed by atoms with Gasteiger partial charge in [-0.05, 0) is 60.9 Å². The third kappa shape index (κ3) is 6.95. The van der Waals surface area contributed by atoms with Crippen LogP contribution in [0.15, 0.2) is 48.5 Å². The van der Waals surface area contributed by atoms with E-state index in [1.54, 1.807) is 18.2 Å². The standard InChI is InChI=1S/C26H33ClN2O4/c1-17(2)18-7-11-21(12-8-18)28-23-13-9-19(10-14-24(23)30)26(33)29(16-25(31)32)15-20-5-3-4-6-22(20)27/h3-8,11-12,17,19,23-24,28,30H,9-10,13-16H2,1-2H3,(H,31,32)/t19-,23+,24+/m1/s1. The van der Waals surface area contributed by atoms with E-state index in [1.165, 1.54) is 10.5 Å². The van der Waals surface area contributed by atoms with Gasteiger partial charge in [0.1, 0.15) is 6.54 Å². The maximum atomic E-state index is 13.3. The molecule has 1 fully saturated rings. The number of rotatable bonds is 8. The van der Waals surface area contributed by atoms with Crippen molar-refractivity contribution in [2.24, 2.45) is 5.92 Å². The van der Waals surface area contributed by atoms with Gasteiger partial charge < -0.3 is 20.4 Å². The molecule has 1 amide bonds. The van der Waals surface area contributed by atoms with Gasteiger partial charge >= 0.3 is 5.97 Å². The number of carboxylic acids is 1. The monoisotopic (exact) mass is 472 g/mol. The van der Waals surface area contributed by atoms with Crippen LogP contribution in [0.25, 0.3) is 0 Å². The van der Waals surface area contributed by atoms with E-state index in [2.05, 4.69) is 31.3 Å². The lowest BCUT2D eigenvalue weighted by atomic mass is 9.98. The van der Waals surface area contributed by atoms with E-state index >= 15 is 0 Å². The fourth-order valence-corrected chi connectivity index (χ4v) is 4.55. The van der Waals surface area contributed by atoms with Crippen LogP contribution in [0.2, 0.25) is 5.02 Å². The number of carbonyl (C=O) groups excluding carboxylic acids is 1. The summed E-state index contributed by atoms with van der Waals surface area (Å²) < 4.78 is 0. The molecule has 1 aliphatic rings. The summed E-state index contributed by atoms with van der Waals surface area (Å²) >= 11 is 6.24. The fourth-order valence-electron chi connectivity index (χ4n) is 4.35. The van der Waals surface area contributed by atoms with Crippen LogP contribution in [0.1, 0.15) is 56.6 Å². The first-order chi connectivity index (χ1) is 15.7. The van der Waals surface area contributed by atoms with Crippen LogP contribution in [0.5, 0.6) is 0 Å². The Balaban J connectivity index is 1.66. The third-order valence-corrected chi connectivity index (χ3v) is 6.71. The van der Waals surface area contributed by atoms with E-state index in [1.807, 2.05) is 18.2 Å². The first-order valence-electron chi connectivity index (χ1n) is 11.5. The molecule has 33 heavy (non-hydrogen) atoms. The molecular weight excluding hydrogens is 440 g/mol. The minimum absolute atomic E-state index is 0.147. The molecule has 1 saturated carbocycles. The zero-order chi connectivity index (χ0) is 24.0. The number of aliphatic carboxylic acids is 1. The molecule has 3 rings (SSSR count). The number of nitrogens with zero attached hydrogens (tertiary/aromatic N) is 1. The molecule has 178 valence electrons. The Kier molecular flexibility index (Phi) is 8.75. The van der Waals surface area contributed by atoms with Crippen LogP contribution in [-0.4, -0.2) is 45.7 Å². The largest absolute Gasteiger partial charge is 0.480 e. The summed E-state index contributed by atoms with van der Waals surface area (Å²) in [5.41, 5.74) is 2.91. The van der Waals surface area contributed by atoms with E-state index in [0.717, 1.165) is 5.69 Å². The number of hydrogen-bond donors (Lipinski definition) is 3.